The molecule has 0 radical (unpaired) electrons. The van der Waals surface area contributed by atoms with Crippen LogP contribution in [0.15, 0.2) is 0 Å². The summed E-state index contributed by atoms with van der Waals surface area (Å²) in [6, 6.07) is -0.475. The fraction of sp³-hybridized carbons (Fsp3) is 0.875. The highest BCUT2D eigenvalue weighted by Crippen LogP contribution is 1.99. The number of esters is 1. The Kier molecular flexibility index (Phi) is 6.70. The fourth-order valence-electron chi connectivity index (χ4n) is 0.876. The number of hydrogen-bond donors (Lipinski definition) is 2. The van der Waals surface area contributed by atoms with Crippen LogP contribution in [0.2, 0.25) is 0 Å². The maximum Gasteiger partial charge on any atom is 0.322 e. The first-order valence-electron chi connectivity index (χ1n) is 4.34. The van der Waals surface area contributed by atoms with Crippen LogP contribution in [-0.4, -0.2) is 25.2 Å². The molecule has 0 saturated heterocycles. The quantitative estimate of drug-likeness (QED) is 0.439. The summed E-state index contributed by atoms with van der Waals surface area (Å²) < 4.78 is 4.74. The van der Waals surface area contributed by atoms with Crippen molar-refractivity contribution in [2.75, 3.05) is 13.2 Å². The Morgan fingerprint density at radius 1 is 1.50 bits per heavy atom. The molecule has 0 aliphatic heterocycles. The number of carbonyl (C=O) groups is 1. The SMILES string of the molecule is CCOC(=O)[C@@H](N)CCCCN. The van der Waals surface area contributed by atoms with Gasteiger partial charge in [0.25, 0.3) is 0 Å². The maximum absolute atomic E-state index is 11.0. The Morgan fingerprint density at radius 2 is 2.17 bits per heavy atom. The van der Waals surface area contributed by atoms with Crippen LogP contribution in [0.5, 0.6) is 0 Å². The second kappa shape index (κ2) is 7.06. The van der Waals surface area contributed by atoms with Crippen LogP contribution in [-0.2, 0) is 9.53 Å². The molecule has 0 unspecified atom stereocenters. The Bertz CT molecular complexity index is 128. The molecule has 12 heavy (non-hydrogen) atoms. The van der Waals surface area contributed by atoms with E-state index in [1.807, 2.05) is 0 Å². The lowest BCUT2D eigenvalue weighted by Gasteiger charge is -2.09. The van der Waals surface area contributed by atoms with E-state index < -0.39 is 6.04 Å². The second-order valence-corrected chi connectivity index (χ2v) is 2.64. The lowest BCUT2D eigenvalue weighted by Crippen LogP contribution is -2.32. The average molecular weight is 174 g/mol. The van der Waals surface area contributed by atoms with E-state index in [1.165, 1.54) is 0 Å². The molecule has 0 saturated carbocycles. The third kappa shape index (κ3) is 5.09. The first-order valence-corrected chi connectivity index (χ1v) is 4.34. The zero-order valence-corrected chi connectivity index (χ0v) is 7.58. The van der Waals surface area contributed by atoms with Crippen LogP contribution in [0, 0.1) is 0 Å². The molecular formula is C8H18N2O2. The summed E-state index contributed by atoms with van der Waals surface area (Å²) in [6.07, 6.45) is 2.46. The summed E-state index contributed by atoms with van der Waals surface area (Å²) in [5.41, 5.74) is 10.8. The first-order chi connectivity index (χ1) is 5.72. The van der Waals surface area contributed by atoms with Gasteiger partial charge in [-0.05, 0) is 26.3 Å². The lowest BCUT2D eigenvalue weighted by atomic mass is 10.1. The van der Waals surface area contributed by atoms with E-state index >= 15 is 0 Å². The van der Waals surface area contributed by atoms with Gasteiger partial charge in [0.05, 0.1) is 6.61 Å². The molecule has 0 aliphatic carbocycles. The number of ether oxygens (including phenoxy) is 1. The van der Waals surface area contributed by atoms with E-state index in [0.717, 1.165) is 12.8 Å². The molecule has 4 N–H and O–H groups in total. The van der Waals surface area contributed by atoms with E-state index in [4.69, 9.17) is 16.2 Å². The van der Waals surface area contributed by atoms with Gasteiger partial charge < -0.3 is 16.2 Å². The van der Waals surface area contributed by atoms with Crippen molar-refractivity contribution < 1.29 is 9.53 Å². The van der Waals surface area contributed by atoms with Crippen molar-refractivity contribution in [1.82, 2.24) is 0 Å². The predicted octanol–water partition coefficient (Wildman–Crippen LogP) is 0.00580. The van der Waals surface area contributed by atoms with Crippen molar-refractivity contribution in [2.24, 2.45) is 11.5 Å². The number of nitrogens with two attached hydrogens (primary N) is 2. The summed E-state index contributed by atoms with van der Waals surface area (Å²) in [7, 11) is 0. The van der Waals surface area contributed by atoms with E-state index in [2.05, 4.69) is 0 Å². The minimum atomic E-state index is -0.475. The molecule has 4 nitrogen and oxygen atoms in total. The third-order valence-corrected chi connectivity index (χ3v) is 1.56. The van der Waals surface area contributed by atoms with Crippen LogP contribution in [0.3, 0.4) is 0 Å². The molecule has 0 amide bonds. The Morgan fingerprint density at radius 3 is 2.67 bits per heavy atom. The molecule has 0 heterocycles. The van der Waals surface area contributed by atoms with Gasteiger partial charge in [0, 0.05) is 0 Å². The van der Waals surface area contributed by atoms with Gasteiger partial charge in [-0.2, -0.15) is 0 Å². The molecule has 0 spiro atoms. The van der Waals surface area contributed by atoms with Crippen LogP contribution >= 0.6 is 0 Å². The van der Waals surface area contributed by atoms with Gasteiger partial charge in [0.1, 0.15) is 6.04 Å². The molecule has 0 aromatic rings. The number of rotatable bonds is 6. The van der Waals surface area contributed by atoms with Crippen molar-refractivity contribution in [2.45, 2.75) is 32.2 Å². The van der Waals surface area contributed by atoms with Crippen molar-refractivity contribution in [3.8, 4) is 0 Å². The van der Waals surface area contributed by atoms with Gasteiger partial charge >= 0.3 is 5.97 Å². The lowest BCUT2D eigenvalue weighted by molar-refractivity contribution is -0.144. The maximum atomic E-state index is 11.0. The second-order valence-electron chi connectivity index (χ2n) is 2.64. The van der Waals surface area contributed by atoms with E-state index in [-0.39, 0.29) is 5.97 Å². The number of carbonyl (C=O) groups excluding carboxylic acids is 1. The average Bonchev–Trinajstić information content (AvgIpc) is 2.05. The van der Waals surface area contributed by atoms with E-state index in [1.54, 1.807) is 6.92 Å². The highest BCUT2D eigenvalue weighted by atomic mass is 16.5. The molecule has 0 aromatic heterocycles. The zero-order chi connectivity index (χ0) is 9.40. The van der Waals surface area contributed by atoms with E-state index in [0.29, 0.717) is 19.6 Å². The highest BCUT2D eigenvalue weighted by Gasteiger charge is 2.12. The molecular weight excluding hydrogens is 156 g/mol. The Labute approximate surface area is 73.2 Å². The largest absolute Gasteiger partial charge is 0.465 e. The third-order valence-electron chi connectivity index (χ3n) is 1.56. The van der Waals surface area contributed by atoms with Gasteiger partial charge in [-0.15, -0.1) is 0 Å². The molecule has 0 aliphatic rings. The van der Waals surface area contributed by atoms with E-state index in [9.17, 15) is 4.79 Å². The smallest absolute Gasteiger partial charge is 0.322 e. The van der Waals surface area contributed by atoms with Crippen LogP contribution in [0.1, 0.15) is 26.2 Å². The molecule has 0 aromatic carbocycles. The number of hydrogen-bond acceptors (Lipinski definition) is 4. The Hall–Kier alpha value is -0.610. The summed E-state index contributed by atoms with van der Waals surface area (Å²) >= 11 is 0. The van der Waals surface area contributed by atoms with Crippen LogP contribution < -0.4 is 11.5 Å². The van der Waals surface area contributed by atoms with Gasteiger partial charge in [-0.25, -0.2) is 0 Å². The minimum Gasteiger partial charge on any atom is -0.465 e. The molecule has 4 heteroatoms. The van der Waals surface area contributed by atoms with Gasteiger partial charge in [0.15, 0.2) is 0 Å². The van der Waals surface area contributed by atoms with Crippen molar-refractivity contribution in [3.63, 3.8) is 0 Å². The van der Waals surface area contributed by atoms with Crippen molar-refractivity contribution in [3.05, 3.63) is 0 Å². The molecule has 0 bridgehead atoms. The molecule has 1 atom stereocenters. The van der Waals surface area contributed by atoms with Gasteiger partial charge in [-0.1, -0.05) is 6.42 Å². The van der Waals surface area contributed by atoms with Gasteiger partial charge in [0.2, 0.25) is 0 Å². The first kappa shape index (κ1) is 11.4. The van der Waals surface area contributed by atoms with Crippen molar-refractivity contribution >= 4 is 5.97 Å². The van der Waals surface area contributed by atoms with Crippen LogP contribution in [0.4, 0.5) is 0 Å². The Balaban J connectivity index is 3.42. The number of unbranched alkanes of at least 4 members (excludes halogenated alkanes) is 1. The minimum absolute atomic E-state index is 0.311. The molecule has 0 fully saturated rings. The monoisotopic (exact) mass is 174 g/mol. The highest BCUT2D eigenvalue weighted by molar-refractivity contribution is 5.75. The van der Waals surface area contributed by atoms with Crippen molar-refractivity contribution in [1.29, 1.82) is 0 Å². The summed E-state index contributed by atoms with van der Waals surface area (Å²) in [5, 5.41) is 0. The summed E-state index contributed by atoms with van der Waals surface area (Å²) in [5.74, 6) is -0.311. The fourth-order valence-corrected chi connectivity index (χ4v) is 0.876. The van der Waals surface area contributed by atoms with Gasteiger partial charge in [-0.3, -0.25) is 4.79 Å². The molecule has 0 rings (SSSR count). The zero-order valence-electron chi connectivity index (χ0n) is 7.58. The standard InChI is InChI=1S/C8H18N2O2/c1-2-12-8(11)7(10)5-3-4-6-9/h7H,2-6,9-10H2,1H3/t7-/m0/s1. The summed E-state index contributed by atoms with van der Waals surface area (Å²) in [4.78, 5) is 11.0. The normalized spacial score (nSPS) is 12.6. The summed E-state index contributed by atoms with van der Waals surface area (Å²) in [6.45, 7) is 2.81. The molecule has 72 valence electrons. The predicted molar refractivity (Wildman–Crippen MR) is 47.5 cm³/mol. The van der Waals surface area contributed by atoms with Crippen LogP contribution in [0.25, 0.3) is 0 Å². The topological polar surface area (TPSA) is 78.3 Å².